The van der Waals surface area contributed by atoms with E-state index in [1.807, 2.05) is 0 Å². The van der Waals surface area contributed by atoms with E-state index in [0.717, 1.165) is 0 Å². The van der Waals surface area contributed by atoms with Crippen LogP contribution in [0.25, 0.3) is 0 Å². The number of H-pyrrole nitrogens is 2. The van der Waals surface area contributed by atoms with E-state index in [2.05, 4.69) is 41.2 Å². The van der Waals surface area contributed by atoms with Crippen molar-refractivity contribution in [1.29, 1.82) is 0 Å². The number of benzene rings is 2. The number of likely N-dealkylation sites (N-methyl/N-ethyl adjacent to an activating group) is 2. The van der Waals surface area contributed by atoms with Crippen molar-refractivity contribution >= 4 is 133 Å². The van der Waals surface area contributed by atoms with Crippen LogP contribution in [0.4, 0.5) is 46.3 Å². The molecule has 6 rings (SSSR count). The molecule has 0 fully saturated rings. The van der Waals surface area contributed by atoms with Crippen molar-refractivity contribution in [2.75, 3.05) is 68.9 Å². The number of carbonyl (C=O) groups excluding carboxylic acids is 6. The van der Waals surface area contributed by atoms with Crippen molar-refractivity contribution in [2.45, 2.75) is 50.1 Å². The molecule has 0 saturated carbocycles. The molecular formula is C40H44CaN14O14. The van der Waals surface area contributed by atoms with Crippen LogP contribution < -0.4 is 73.7 Å². The molecule has 2 aliphatic heterocycles. The average Bonchev–Trinajstić information content (AvgIpc) is 3.30. The fourth-order valence-electron chi connectivity index (χ4n) is 7.02. The van der Waals surface area contributed by atoms with Crippen LogP contribution in [0.15, 0.2) is 58.1 Å². The summed E-state index contributed by atoms with van der Waals surface area (Å²) < 4.78 is 0. The van der Waals surface area contributed by atoms with Crippen molar-refractivity contribution in [2.24, 2.45) is 0 Å². The molecule has 0 bridgehead atoms. The van der Waals surface area contributed by atoms with Gasteiger partial charge in [0.05, 0.1) is 13.1 Å². The van der Waals surface area contributed by atoms with E-state index in [-0.39, 0.29) is 110 Å². The zero-order chi connectivity index (χ0) is 50.0. The molecule has 4 atom stereocenters. The topological polar surface area (TPSA) is 428 Å². The standard InChI is InChI=1S/2C20H23N7O7.Ca/c2*1-26(13-8-22-16-15(27(13)9-28)18(32)25-20(21)24-16)11-4-2-10(3-5-11)17(31)23-12(19(33)34)6-7-14(29)30;/h2*2-5,9,12-13H,6-8H2,1H3,(H,23,31)(H,29,30)(H,33,34)(H4,21,22,24,25,32);/q;;+2/p-2/t12-,13?;;/m0../s1. The Balaban J connectivity index is 0.000000296. The molecule has 69 heavy (non-hydrogen) atoms. The molecule has 12 N–H and O–H groups in total. The molecule has 3 unspecified atom stereocenters. The summed E-state index contributed by atoms with van der Waals surface area (Å²) in [6.07, 6.45) is -1.88. The number of rotatable bonds is 18. The first-order valence-electron chi connectivity index (χ1n) is 20.1. The molecule has 29 heteroatoms. The van der Waals surface area contributed by atoms with Gasteiger partial charge in [-0.15, -0.1) is 0 Å². The second-order valence-corrected chi connectivity index (χ2v) is 14.9. The van der Waals surface area contributed by atoms with Crippen LogP contribution in [0.3, 0.4) is 0 Å². The first-order valence-corrected chi connectivity index (χ1v) is 20.1. The van der Waals surface area contributed by atoms with Crippen molar-refractivity contribution < 1.29 is 58.8 Å². The van der Waals surface area contributed by atoms with Crippen molar-refractivity contribution in [3.8, 4) is 0 Å². The van der Waals surface area contributed by atoms with Crippen LogP contribution in [-0.2, 0) is 28.8 Å². The number of nitrogens with two attached hydrogens (primary N) is 2. The monoisotopic (exact) mass is 984 g/mol. The van der Waals surface area contributed by atoms with Gasteiger partial charge in [-0.1, -0.05) is 0 Å². The number of fused-ring (bicyclic) bond motifs is 2. The minimum Gasteiger partial charge on any atom is -0.550 e. The van der Waals surface area contributed by atoms with Crippen molar-refractivity contribution in [1.82, 2.24) is 30.6 Å². The van der Waals surface area contributed by atoms with Gasteiger partial charge in [-0.05, 0) is 74.2 Å². The average molecular weight is 985 g/mol. The fourth-order valence-corrected chi connectivity index (χ4v) is 7.02. The normalized spacial score (nSPS) is 15.2. The molecule has 0 radical (unpaired) electrons. The number of anilines is 8. The predicted molar refractivity (Wildman–Crippen MR) is 242 cm³/mol. The van der Waals surface area contributed by atoms with Gasteiger partial charge in [-0.2, -0.15) is 9.97 Å². The summed E-state index contributed by atoms with van der Waals surface area (Å²) in [6.45, 7) is 0.443. The Labute approximate surface area is 419 Å². The second kappa shape index (κ2) is 23.7. The zero-order valence-corrected chi connectivity index (χ0v) is 38.9. The summed E-state index contributed by atoms with van der Waals surface area (Å²) in [5.74, 6) is -6.78. The quantitative estimate of drug-likeness (QED) is 0.0331. The largest absolute Gasteiger partial charge is 2.00 e. The maximum Gasteiger partial charge on any atom is 2.00 e. The van der Waals surface area contributed by atoms with Crippen LogP contribution >= 0.6 is 0 Å². The SMILES string of the molecule is CN(c1ccc(C(=O)NC(CCC(=O)[O-])C(=O)O)cc1)C1CNc2nc(N)[nH]c(=O)c2N1C=O.CN(c1ccc(C(=O)N[C@@H](CCC(=O)[O-])C(=O)O)cc1)C1CNc2nc(N)[nH]c(=O)c2N1C=O.[Ca+2]. The molecular weight excluding hydrogens is 941 g/mol. The number of carbonyl (C=O) groups is 8. The fraction of sp³-hybridized carbons (Fsp3) is 0.300. The second-order valence-electron chi connectivity index (χ2n) is 14.9. The number of hydrogen-bond donors (Lipinski definition) is 10. The first-order chi connectivity index (χ1) is 32.2. The number of carboxylic acids is 4. The van der Waals surface area contributed by atoms with Gasteiger partial charge < -0.3 is 72.5 Å². The number of nitrogen functional groups attached to an aromatic ring is 2. The number of carboxylic acid groups (broad SMARTS) is 4. The van der Waals surface area contributed by atoms with E-state index >= 15 is 0 Å². The van der Waals surface area contributed by atoms with E-state index in [4.69, 9.17) is 11.5 Å². The predicted octanol–water partition coefficient (Wildman–Crippen LogP) is -4.55. The van der Waals surface area contributed by atoms with E-state index in [1.54, 1.807) is 48.2 Å². The molecule has 2 aromatic carbocycles. The number of amides is 4. The molecule has 0 spiro atoms. The molecule has 2 aliphatic rings. The van der Waals surface area contributed by atoms with Gasteiger partial charge >= 0.3 is 49.7 Å². The Morgan fingerprint density at radius 2 is 1.03 bits per heavy atom. The van der Waals surface area contributed by atoms with Gasteiger partial charge in [0.15, 0.2) is 23.0 Å². The minimum atomic E-state index is -1.42. The Kier molecular flexibility index (Phi) is 18.4. The van der Waals surface area contributed by atoms with Gasteiger partial charge in [0.2, 0.25) is 24.7 Å². The number of aliphatic carboxylic acids is 4. The summed E-state index contributed by atoms with van der Waals surface area (Å²) in [5.41, 5.74) is 11.4. The van der Waals surface area contributed by atoms with Gasteiger partial charge in [0.1, 0.15) is 24.4 Å². The third kappa shape index (κ3) is 13.1. The van der Waals surface area contributed by atoms with E-state index in [0.29, 0.717) is 24.2 Å². The zero-order valence-electron chi connectivity index (χ0n) is 36.7. The molecule has 0 saturated heterocycles. The number of nitrogens with zero attached hydrogens (tertiary/aromatic N) is 6. The summed E-state index contributed by atoms with van der Waals surface area (Å²) in [6, 6.07) is 9.34. The molecule has 4 amide bonds. The summed E-state index contributed by atoms with van der Waals surface area (Å²) in [5, 5.41) is 50.0. The van der Waals surface area contributed by atoms with Crippen LogP contribution in [0.2, 0.25) is 0 Å². The van der Waals surface area contributed by atoms with Crippen LogP contribution in [0.5, 0.6) is 0 Å². The molecule has 28 nitrogen and oxygen atoms in total. The maximum absolute atomic E-state index is 12.4. The third-order valence-corrected chi connectivity index (χ3v) is 10.6. The van der Waals surface area contributed by atoms with Gasteiger partial charge in [-0.25, -0.2) is 9.59 Å². The number of hydrogen-bond acceptors (Lipinski definition) is 20. The van der Waals surface area contributed by atoms with Crippen LogP contribution in [-0.4, -0.2) is 168 Å². The van der Waals surface area contributed by atoms with Gasteiger partial charge in [-0.3, -0.25) is 48.5 Å². The molecule has 4 heterocycles. The Morgan fingerprint density at radius 1 is 0.696 bits per heavy atom. The van der Waals surface area contributed by atoms with E-state index in [9.17, 15) is 68.4 Å². The number of aromatic nitrogens is 4. The molecule has 360 valence electrons. The Hall–Kier alpha value is -7.98. The van der Waals surface area contributed by atoms with Gasteiger partial charge in [0.25, 0.3) is 22.9 Å². The smallest absolute Gasteiger partial charge is 0.550 e. The molecule has 4 aromatic rings. The van der Waals surface area contributed by atoms with E-state index < -0.39 is 84.1 Å². The molecule has 2 aromatic heterocycles. The summed E-state index contributed by atoms with van der Waals surface area (Å²) in [4.78, 5) is 135. The van der Waals surface area contributed by atoms with Crippen LogP contribution in [0, 0.1) is 0 Å². The summed E-state index contributed by atoms with van der Waals surface area (Å²) in [7, 11) is 3.37. The van der Waals surface area contributed by atoms with Gasteiger partial charge in [0, 0.05) is 48.5 Å². The van der Waals surface area contributed by atoms with Crippen LogP contribution in [0.1, 0.15) is 46.4 Å². The Bertz CT molecular complexity index is 2520. The van der Waals surface area contributed by atoms with Crippen molar-refractivity contribution in [3.05, 3.63) is 80.4 Å². The van der Waals surface area contributed by atoms with Crippen molar-refractivity contribution in [3.63, 3.8) is 0 Å². The van der Waals surface area contributed by atoms with E-state index in [1.165, 1.54) is 34.1 Å². The third-order valence-electron chi connectivity index (χ3n) is 10.6. The number of aromatic amines is 2. The maximum atomic E-state index is 12.4. The first kappa shape index (κ1) is 53.6. The minimum absolute atomic E-state index is 0. The molecule has 0 aliphatic carbocycles. The number of nitrogens with one attached hydrogen (secondary N) is 6. The summed E-state index contributed by atoms with van der Waals surface area (Å²) >= 11 is 0. The Morgan fingerprint density at radius 3 is 1.32 bits per heavy atom.